The Hall–Kier alpha value is -4.65. The lowest BCUT2D eigenvalue weighted by Crippen LogP contribution is -2.42. The molecule has 1 N–H and O–H groups in total. The molecule has 6 rings (SSSR count). The van der Waals surface area contributed by atoms with Crippen molar-refractivity contribution in [3.8, 4) is 11.5 Å². The summed E-state index contributed by atoms with van der Waals surface area (Å²) >= 11 is 0. The maximum atomic E-state index is 14.5. The number of urea groups is 1. The molecule has 5 aromatic rings. The molecule has 6 nitrogen and oxygen atoms in total. The molecule has 1 unspecified atom stereocenters. The number of fused-ring (bicyclic) bond motifs is 3. The summed E-state index contributed by atoms with van der Waals surface area (Å²) in [5.74, 6) is 0.570. The normalized spacial score (nSPS) is 14.4. The van der Waals surface area contributed by atoms with E-state index in [-0.39, 0.29) is 11.8 Å². The second-order valence-electron chi connectivity index (χ2n) is 9.71. The Balaban J connectivity index is 1.46. The minimum absolute atomic E-state index is 0.199. The molecule has 7 heteroatoms. The third-order valence-electron chi connectivity index (χ3n) is 7.26. The maximum Gasteiger partial charge on any atom is 0.318 e. The van der Waals surface area contributed by atoms with Crippen LogP contribution >= 0.6 is 0 Å². The Bertz CT molecular complexity index is 1590. The second kappa shape index (κ2) is 10.6. The van der Waals surface area contributed by atoms with Crippen molar-refractivity contribution in [1.29, 1.82) is 0 Å². The van der Waals surface area contributed by atoms with Gasteiger partial charge in [-0.1, -0.05) is 67.6 Å². The van der Waals surface area contributed by atoms with Crippen molar-refractivity contribution in [2.24, 2.45) is 0 Å². The van der Waals surface area contributed by atoms with Crippen LogP contribution in [0.4, 0.5) is 9.18 Å². The van der Waals surface area contributed by atoms with Gasteiger partial charge in [-0.25, -0.2) is 13.9 Å². The zero-order valence-corrected chi connectivity index (χ0v) is 21.8. The molecule has 1 aliphatic heterocycles. The van der Waals surface area contributed by atoms with E-state index in [0.29, 0.717) is 19.5 Å². The first-order valence-corrected chi connectivity index (χ1v) is 13.3. The van der Waals surface area contributed by atoms with Crippen molar-refractivity contribution in [1.82, 2.24) is 24.6 Å². The number of nitrogens with zero attached hydrogens (tertiary/aromatic N) is 4. The van der Waals surface area contributed by atoms with E-state index in [1.54, 1.807) is 6.07 Å². The number of carbonyl (C=O) groups excluding carboxylic acids is 1. The molecule has 39 heavy (non-hydrogen) atoms. The zero-order chi connectivity index (χ0) is 26.8. The number of benzene rings is 3. The first-order chi connectivity index (χ1) is 19.1. The van der Waals surface area contributed by atoms with Gasteiger partial charge in [-0.3, -0.25) is 0 Å². The topological polar surface area (TPSA) is 55.1 Å². The molecule has 0 saturated carbocycles. The molecule has 1 aliphatic rings. The van der Waals surface area contributed by atoms with Crippen LogP contribution in [0.15, 0.2) is 103 Å². The fourth-order valence-electron chi connectivity index (χ4n) is 5.44. The summed E-state index contributed by atoms with van der Waals surface area (Å²) in [5.41, 5.74) is 5.60. The van der Waals surface area contributed by atoms with Crippen molar-refractivity contribution in [2.75, 3.05) is 6.54 Å². The number of rotatable bonds is 6. The Morgan fingerprint density at radius 1 is 0.974 bits per heavy atom. The van der Waals surface area contributed by atoms with Gasteiger partial charge in [0.2, 0.25) is 0 Å². The molecule has 2 amide bonds. The van der Waals surface area contributed by atoms with Gasteiger partial charge in [-0.05, 0) is 60.4 Å². The van der Waals surface area contributed by atoms with E-state index < -0.39 is 6.04 Å². The van der Waals surface area contributed by atoms with Crippen molar-refractivity contribution in [3.05, 3.63) is 137 Å². The molecule has 1 atom stereocenters. The molecule has 196 valence electrons. The number of aromatic nitrogens is 3. The quantitative estimate of drug-likeness (QED) is 0.290. The third-order valence-corrected chi connectivity index (χ3v) is 7.26. The highest BCUT2D eigenvalue weighted by atomic mass is 19.1. The molecule has 2 aromatic heterocycles. The summed E-state index contributed by atoms with van der Waals surface area (Å²) in [5, 5.41) is 8.12. The largest absolute Gasteiger partial charge is 0.338 e. The van der Waals surface area contributed by atoms with Crippen LogP contribution in [0.25, 0.3) is 11.5 Å². The molecule has 0 radical (unpaired) electrons. The van der Waals surface area contributed by atoms with Crippen LogP contribution in [0.2, 0.25) is 0 Å². The van der Waals surface area contributed by atoms with Crippen LogP contribution in [-0.2, 0) is 19.4 Å². The van der Waals surface area contributed by atoms with E-state index in [2.05, 4.69) is 28.9 Å². The van der Waals surface area contributed by atoms with E-state index in [4.69, 9.17) is 5.10 Å². The van der Waals surface area contributed by atoms with Gasteiger partial charge in [0.1, 0.15) is 11.6 Å². The molecule has 0 aliphatic carbocycles. The Morgan fingerprint density at radius 2 is 1.74 bits per heavy atom. The predicted molar refractivity (Wildman–Crippen MR) is 150 cm³/mol. The SMILES string of the molecule is CCc1nn(-c2ccccc2)c2c1CN(C(=O)NCCc1ccccc1)C(c1cccc(F)c1)c1cccn1-2. The van der Waals surface area contributed by atoms with Crippen LogP contribution < -0.4 is 5.32 Å². The van der Waals surface area contributed by atoms with Crippen molar-refractivity contribution < 1.29 is 9.18 Å². The first kappa shape index (κ1) is 24.7. The smallest absolute Gasteiger partial charge is 0.318 e. The fourth-order valence-corrected chi connectivity index (χ4v) is 5.44. The lowest BCUT2D eigenvalue weighted by molar-refractivity contribution is 0.180. The number of aryl methyl sites for hydroxylation is 1. The predicted octanol–water partition coefficient (Wildman–Crippen LogP) is 6.22. The number of amides is 2. The molecule has 0 spiro atoms. The maximum absolute atomic E-state index is 14.5. The highest BCUT2D eigenvalue weighted by molar-refractivity contribution is 5.76. The minimum atomic E-state index is -0.492. The molecule has 0 bridgehead atoms. The van der Waals surface area contributed by atoms with Gasteiger partial charge in [0.15, 0.2) is 0 Å². The van der Waals surface area contributed by atoms with E-state index >= 15 is 0 Å². The summed E-state index contributed by atoms with van der Waals surface area (Å²) in [4.78, 5) is 15.7. The summed E-state index contributed by atoms with van der Waals surface area (Å²) in [6, 6.07) is 29.9. The molecule has 3 heterocycles. The van der Waals surface area contributed by atoms with E-state index in [1.165, 1.54) is 12.1 Å². The standard InChI is InChI=1S/C32H30FN5O/c1-2-28-27-22-37(32(39)34-19-18-23-11-5-3-6-12-23)30(24-13-9-14-25(33)21-24)29-17-10-20-36(29)31(27)38(35-28)26-15-7-4-8-16-26/h3-17,20-21,30H,2,18-19,22H2,1H3,(H,34,39). The van der Waals surface area contributed by atoms with Crippen LogP contribution in [0, 0.1) is 5.82 Å². The molecule has 3 aromatic carbocycles. The minimum Gasteiger partial charge on any atom is -0.338 e. The van der Waals surface area contributed by atoms with Crippen LogP contribution in [0.5, 0.6) is 0 Å². The fraction of sp³-hybridized carbons (Fsp3) is 0.188. The first-order valence-electron chi connectivity index (χ1n) is 13.3. The average molecular weight is 520 g/mol. The Morgan fingerprint density at radius 3 is 2.49 bits per heavy atom. The number of hydrogen-bond acceptors (Lipinski definition) is 2. The second-order valence-corrected chi connectivity index (χ2v) is 9.71. The van der Waals surface area contributed by atoms with Crippen LogP contribution in [0.3, 0.4) is 0 Å². The number of halogens is 1. The lowest BCUT2D eigenvalue weighted by atomic mass is 10.0. The van der Waals surface area contributed by atoms with Gasteiger partial charge in [-0.15, -0.1) is 0 Å². The van der Waals surface area contributed by atoms with Crippen molar-refractivity contribution >= 4 is 6.03 Å². The van der Waals surface area contributed by atoms with E-state index in [1.807, 2.05) is 82.5 Å². The van der Waals surface area contributed by atoms with E-state index in [9.17, 15) is 9.18 Å². The third kappa shape index (κ3) is 4.72. The highest BCUT2D eigenvalue weighted by Gasteiger charge is 2.36. The number of carbonyl (C=O) groups is 1. The number of hydrogen-bond donors (Lipinski definition) is 1. The molecule has 0 fully saturated rings. The van der Waals surface area contributed by atoms with Crippen LogP contribution in [0.1, 0.15) is 41.0 Å². The number of nitrogens with one attached hydrogen (secondary N) is 1. The molecular weight excluding hydrogens is 489 g/mol. The van der Waals surface area contributed by atoms with Gasteiger partial charge in [-0.2, -0.15) is 5.10 Å². The summed E-state index contributed by atoms with van der Waals surface area (Å²) < 4.78 is 18.6. The zero-order valence-electron chi connectivity index (χ0n) is 21.8. The van der Waals surface area contributed by atoms with Gasteiger partial charge in [0.05, 0.1) is 29.7 Å². The van der Waals surface area contributed by atoms with Gasteiger partial charge < -0.3 is 14.8 Å². The number of para-hydroxylation sites is 1. The van der Waals surface area contributed by atoms with Gasteiger partial charge >= 0.3 is 6.03 Å². The lowest BCUT2D eigenvalue weighted by Gasteiger charge is -2.31. The molecule has 0 saturated heterocycles. The van der Waals surface area contributed by atoms with Gasteiger partial charge in [0, 0.05) is 18.3 Å². The van der Waals surface area contributed by atoms with Crippen LogP contribution in [-0.4, -0.2) is 31.8 Å². The average Bonchev–Trinajstić information content (AvgIpc) is 3.55. The highest BCUT2D eigenvalue weighted by Crippen LogP contribution is 2.38. The summed E-state index contributed by atoms with van der Waals surface area (Å²) in [7, 11) is 0. The Labute approximate surface area is 227 Å². The molecular formula is C32H30FN5O. The Kier molecular flexibility index (Phi) is 6.71. The van der Waals surface area contributed by atoms with Gasteiger partial charge in [0.25, 0.3) is 0 Å². The summed E-state index contributed by atoms with van der Waals surface area (Å²) in [6.07, 6.45) is 3.43. The summed E-state index contributed by atoms with van der Waals surface area (Å²) in [6.45, 7) is 2.91. The van der Waals surface area contributed by atoms with Crippen molar-refractivity contribution in [3.63, 3.8) is 0 Å². The van der Waals surface area contributed by atoms with Crippen molar-refractivity contribution in [2.45, 2.75) is 32.4 Å². The van der Waals surface area contributed by atoms with E-state index in [0.717, 1.165) is 46.0 Å². The monoisotopic (exact) mass is 519 g/mol.